The third kappa shape index (κ3) is 5.99. The first kappa shape index (κ1) is 36.8. The van der Waals surface area contributed by atoms with E-state index in [1.165, 1.54) is 44.5 Å². The average Bonchev–Trinajstić information content (AvgIpc) is 3.77. The summed E-state index contributed by atoms with van der Waals surface area (Å²) >= 11 is 0. The highest BCUT2D eigenvalue weighted by Gasteiger charge is 2.47. The van der Waals surface area contributed by atoms with Crippen LogP contribution in [0.15, 0.2) is 218 Å². The van der Waals surface area contributed by atoms with Crippen molar-refractivity contribution in [3.8, 4) is 45.3 Å². The van der Waals surface area contributed by atoms with Crippen LogP contribution in [-0.4, -0.2) is 23.4 Å². The van der Waals surface area contributed by atoms with Gasteiger partial charge in [0, 0.05) is 0 Å². The number of fused-ring (bicyclic) bond motifs is 6. The van der Waals surface area contributed by atoms with Crippen LogP contribution in [0, 0.1) is 0 Å². The maximum Gasteiger partial charge on any atom is 0.119 e. The smallest absolute Gasteiger partial charge is 0.119 e. The third-order valence-electron chi connectivity index (χ3n) is 12.2. The number of aromatic hydroxyl groups is 2. The fraction of sp³-hybridized carbons (Fsp3) is 0.0714. The SMILES string of the molecule is Oc1ccc(C2(c3ccc(OC/C=C/C=C/COc4ccc(C5(c6ccc(O)cc6)c6ccccc6-c6ccccc65)cc4)cc3)c3ccccc3-c3ccccc32)cc1. The predicted molar refractivity (Wildman–Crippen MR) is 240 cm³/mol. The van der Waals surface area contributed by atoms with Gasteiger partial charge in [0.15, 0.2) is 0 Å². The fourth-order valence-corrected chi connectivity index (χ4v) is 9.63. The van der Waals surface area contributed by atoms with Gasteiger partial charge in [-0.25, -0.2) is 0 Å². The van der Waals surface area contributed by atoms with Crippen LogP contribution in [-0.2, 0) is 10.8 Å². The van der Waals surface area contributed by atoms with E-state index in [-0.39, 0.29) is 11.5 Å². The Balaban J connectivity index is 0.808. The summed E-state index contributed by atoms with van der Waals surface area (Å²) in [5.41, 5.74) is 13.2. The molecule has 0 heterocycles. The van der Waals surface area contributed by atoms with E-state index in [4.69, 9.17) is 9.47 Å². The Hall–Kier alpha value is -7.56. The topological polar surface area (TPSA) is 58.9 Å². The highest BCUT2D eigenvalue weighted by Crippen LogP contribution is 2.57. The standard InChI is InChI=1S/C56H42O4/c57-43-29-21-39(22-30-43)55(51-17-7-3-13-47(51)48-14-4-8-18-52(48)55)41-25-33-45(34-26-41)59-37-11-1-2-12-38-60-46-35-27-42(28-36-46)56(40-23-31-44(58)32-24-40)53-19-9-5-15-49(53)50-16-6-10-20-54(50)56/h1-36,57-58H,37-38H2/b11-1+,12-2+. The van der Waals surface area contributed by atoms with E-state index in [0.29, 0.717) is 13.2 Å². The summed E-state index contributed by atoms with van der Waals surface area (Å²) < 4.78 is 12.3. The average molecular weight is 779 g/mol. The molecule has 0 fully saturated rings. The predicted octanol–water partition coefficient (Wildman–Crippen LogP) is 12.4. The molecule has 4 nitrogen and oxygen atoms in total. The molecule has 2 aliphatic carbocycles. The quantitative estimate of drug-likeness (QED) is 0.128. The van der Waals surface area contributed by atoms with Gasteiger partial charge >= 0.3 is 0 Å². The molecule has 0 spiro atoms. The Morgan fingerprint density at radius 1 is 0.333 bits per heavy atom. The molecule has 0 atom stereocenters. The zero-order valence-electron chi connectivity index (χ0n) is 32.9. The van der Waals surface area contributed by atoms with Gasteiger partial charge in [-0.1, -0.05) is 158 Å². The zero-order chi connectivity index (χ0) is 40.5. The largest absolute Gasteiger partial charge is 0.508 e. The van der Waals surface area contributed by atoms with Crippen LogP contribution in [0.2, 0.25) is 0 Å². The Morgan fingerprint density at radius 3 is 0.900 bits per heavy atom. The fourth-order valence-electron chi connectivity index (χ4n) is 9.63. The molecule has 8 aromatic rings. The van der Waals surface area contributed by atoms with Crippen molar-refractivity contribution in [2.45, 2.75) is 10.8 Å². The van der Waals surface area contributed by atoms with E-state index in [1.807, 2.05) is 72.8 Å². The lowest BCUT2D eigenvalue weighted by Crippen LogP contribution is -2.28. The van der Waals surface area contributed by atoms with Gasteiger partial charge < -0.3 is 19.7 Å². The summed E-state index contributed by atoms with van der Waals surface area (Å²) in [5.74, 6) is 2.07. The van der Waals surface area contributed by atoms with E-state index in [2.05, 4.69) is 121 Å². The molecule has 0 unspecified atom stereocenters. The first-order valence-electron chi connectivity index (χ1n) is 20.3. The summed E-state index contributed by atoms with van der Waals surface area (Å²) in [6.07, 6.45) is 7.92. The molecular formula is C56H42O4. The maximum absolute atomic E-state index is 10.2. The molecule has 0 saturated heterocycles. The molecule has 0 bridgehead atoms. The number of ether oxygens (including phenoxy) is 2. The first-order chi connectivity index (χ1) is 29.6. The van der Waals surface area contributed by atoms with Gasteiger partial charge in [0.25, 0.3) is 0 Å². The molecule has 60 heavy (non-hydrogen) atoms. The molecule has 0 aromatic heterocycles. The van der Waals surface area contributed by atoms with Crippen molar-refractivity contribution in [1.29, 1.82) is 0 Å². The second-order valence-corrected chi connectivity index (χ2v) is 15.3. The second-order valence-electron chi connectivity index (χ2n) is 15.3. The van der Waals surface area contributed by atoms with Gasteiger partial charge in [-0.3, -0.25) is 0 Å². The summed E-state index contributed by atoms with van der Waals surface area (Å²) in [6.45, 7) is 0.853. The van der Waals surface area contributed by atoms with Gasteiger partial charge in [0.05, 0.1) is 10.8 Å². The number of phenolic OH excluding ortho intramolecular Hbond substituents is 2. The van der Waals surface area contributed by atoms with Crippen LogP contribution in [0.1, 0.15) is 44.5 Å². The van der Waals surface area contributed by atoms with Gasteiger partial charge in [0.2, 0.25) is 0 Å². The van der Waals surface area contributed by atoms with Crippen molar-refractivity contribution in [2.75, 3.05) is 13.2 Å². The van der Waals surface area contributed by atoms with E-state index >= 15 is 0 Å². The first-order valence-corrected chi connectivity index (χ1v) is 20.3. The van der Waals surface area contributed by atoms with E-state index in [9.17, 15) is 10.2 Å². The molecule has 0 aliphatic heterocycles. The van der Waals surface area contributed by atoms with Crippen LogP contribution in [0.4, 0.5) is 0 Å². The summed E-state index contributed by atoms with van der Waals surface area (Å²) in [6, 6.07) is 66.5. The van der Waals surface area contributed by atoms with Crippen LogP contribution >= 0.6 is 0 Å². The zero-order valence-corrected chi connectivity index (χ0v) is 32.9. The van der Waals surface area contributed by atoms with Gasteiger partial charge in [-0.15, -0.1) is 0 Å². The molecular weight excluding hydrogens is 737 g/mol. The van der Waals surface area contributed by atoms with E-state index in [0.717, 1.165) is 33.8 Å². The summed E-state index contributed by atoms with van der Waals surface area (Å²) in [5, 5.41) is 20.4. The second kappa shape index (κ2) is 15.3. The van der Waals surface area contributed by atoms with Crippen LogP contribution in [0.25, 0.3) is 22.3 Å². The van der Waals surface area contributed by atoms with Crippen molar-refractivity contribution >= 4 is 0 Å². The number of hydrogen-bond donors (Lipinski definition) is 2. The lowest BCUT2D eigenvalue weighted by Gasteiger charge is -2.34. The molecule has 0 radical (unpaired) electrons. The molecule has 8 aromatic carbocycles. The summed E-state index contributed by atoms with van der Waals surface area (Å²) in [4.78, 5) is 0. The molecule has 2 N–H and O–H groups in total. The molecule has 10 rings (SSSR count). The van der Waals surface area contributed by atoms with Gasteiger partial charge in [-0.05, 0) is 127 Å². The maximum atomic E-state index is 10.2. The van der Waals surface area contributed by atoms with Crippen molar-refractivity contribution in [1.82, 2.24) is 0 Å². The molecule has 2 aliphatic rings. The number of phenols is 2. The lowest BCUT2D eigenvalue weighted by atomic mass is 9.68. The van der Waals surface area contributed by atoms with Gasteiger partial charge in [-0.2, -0.15) is 0 Å². The van der Waals surface area contributed by atoms with E-state index < -0.39 is 10.8 Å². The molecule has 290 valence electrons. The normalized spacial score (nSPS) is 14.1. The monoisotopic (exact) mass is 778 g/mol. The number of hydrogen-bond acceptors (Lipinski definition) is 4. The number of benzene rings is 8. The van der Waals surface area contributed by atoms with E-state index in [1.54, 1.807) is 24.3 Å². The van der Waals surface area contributed by atoms with Crippen molar-refractivity contribution < 1.29 is 19.7 Å². The molecule has 0 saturated carbocycles. The number of rotatable bonds is 11. The Morgan fingerprint density at radius 2 is 0.600 bits per heavy atom. The summed E-state index contributed by atoms with van der Waals surface area (Å²) in [7, 11) is 0. The Kier molecular flexibility index (Phi) is 9.38. The Bertz CT molecular complexity index is 2580. The highest BCUT2D eigenvalue weighted by atomic mass is 16.5. The number of allylic oxidation sites excluding steroid dienone is 2. The highest BCUT2D eigenvalue weighted by molar-refractivity contribution is 5.87. The minimum absolute atomic E-state index is 0.247. The van der Waals surface area contributed by atoms with Crippen LogP contribution < -0.4 is 9.47 Å². The Labute approximate surface area is 350 Å². The van der Waals surface area contributed by atoms with Crippen molar-refractivity contribution in [3.63, 3.8) is 0 Å². The molecule has 0 amide bonds. The minimum Gasteiger partial charge on any atom is -0.508 e. The molecule has 4 heteroatoms. The van der Waals surface area contributed by atoms with Crippen molar-refractivity contribution in [2.24, 2.45) is 0 Å². The van der Waals surface area contributed by atoms with Crippen molar-refractivity contribution in [3.05, 3.63) is 263 Å². The van der Waals surface area contributed by atoms with Crippen LogP contribution in [0.3, 0.4) is 0 Å². The third-order valence-corrected chi connectivity index (χ3v) is 12.2. The van der Waals surface area contributed by atoms with Crippen LogP contribution in [0.5, 0.6) is 23.0 Å². The minimum atomic E-state index is -0.529. The lowest BCUT2D eigenvalue weighted by molar-refractivity contribution is 0.361. The van der Waals surface area contributed by atoms with Gasteiger partial charge in [0.1, 0.15) is 36.2 Å².